The van der Waals surface area contributed by atoms with Crippen molar-refractivity contribution in [2.24, 2.45) is 11.8 Å². The molecule has 0 bridgehead atoms. The largest absolute Gasteiger partial charge is 0.349 e. The first kappa shape index (κ1) is 14.1. The second-order valence-electron chi connectivity index (χ2n) is 4.59. The van der Waals surface area contributed by atoms with E-state index in [1.807, 2.05) is 12.1 Å². The average Bonchev–Trinajstić information content (AvgIpc) is 2.76. The summed E-state index contributed by atoms with van der Waals surface area (Å²) in [7, 11) is 0. The molecule has 2 fully saturated rings. The Kier molecular flexibility index (Phi) is 4.22. The van der Waals surface area contributed by atoms with Crippen LogP contribution in [0.25, 0.3) is 0 Å². The molecular formula is C12H13BrCl2N2O. The zero-order valence-corrected chi connectivity index (χ0v) is 12.6. The molecule has 1 saturated heterocycles. The molecule has 2 atom stereocenters. The number of carbonyl (C=O) groups excluding carboxylic acids is 1. The van der Waals surface area contributed by atoms with Gasteiger partial charge in [0.2, 0.25) is 0 Å². The van der Waals surface area contributed by atoms with Crippen LogP contribution in [0.1, 0.15) is 10.4 Å². The summed E-state index contributed by atoms with van der Waals surface area (Å²) in [4.78, 5) is 12.1. The van der Waals surface area contributed by atoms with Gasteiger partial charge in [-0.25, -0.2) is 0 Å². The fourth-order valence-corrected chi connectivity index (χ4v) is 3.12. The molecule has 2 unspecified atom stereocenters. The van der Waals surface area contributed by atoms with Gasteiger partial charge in [0.25, 0.3) is 5.91 Å². The quantitative estimate of drug-likeness (QED) is 0.859. The standard InChI is InChI=1S/C12H12BrClN2O.ClH/c13-9-3-1-2-6(10(9)14)12(17)16-11-7-4-15-5-8(7)11;/h1-3,7-8,11,15H,4-5H2,(H,16,17);1H. The highest BCUT2D eigenvalue weighted by molar-refractivity contribution is 9.10. The van der Waals surface area contributed by atoms with E-state index in [2.05, 4.69) is 26.6 Å². The highest BCUT2D eigenvalue weighted by Gasteiger charge is 2.53. The van der Waals surface area contributed by atoms with Gasteiger partial charge in [0.15, 0.2) is 0 Å². The van der Waals surface area contributed by atoms with Crippen LogP contribution in [0, 0.1) is 11.8 Å². The Balaban J connectivity index is 0.00000120. The predicted octanol–water partition coefficient (Wildman–Crippen LogP) is 2.47. The Hall–Kier alpha value is -0.290. The van der Waals surface area contributed by atoms with E-state index in [4.69, 9.17) is 11.6 Å². The van der Waals surface area contributed by atoms with E-state index in [1.54, 1.807) is 6.07 Å². The van der Waals surface area contributed by atoms with Crippen LogP contribution in [0.15, 0.2) is 22.7 Å². The normalized spacial score (nSPS) is 28.2. The van der Waals surface area contributed by atoms with Crippen molar-refractivity contribution < 1.29 is 4.79 Å². The van der Waals surface area contributed by atoms with E-state index in [0.29, 0.717) is 28.5 Å². The first-order chi connectivity index (χ1) is 8.18. The summed E-state index contributed by atoms with van der Waals surface area (Å²) in [5, 5.41) is 6.84. The summed E-state index contributed by atoms with van der Waals surface area (Å²) in [5.41, 5.74) is 0.541. The number of halogens is 3. The van der Waals surface area contributed by atoms with Crippen molar-refractivity contribution in [2.45, 2.75) is 6.04 Å². The van der Waals surface area contributed by atoms with Crippen molar-refractivity contribution in [3.05, 3.63) is 33.3 Å². The van der Waals surface area contributed by atoms with E-state index in [1.165, 1.54) is 0 Å². The van der Waals surface area contributed by atoms with Crippen LogP contribution in [0.5, 0.6) is 0 Å². The van der Waals surface area contributed by atoms with Crippen LogP contribution in [-0.4, -0.2) is 25.0 Å². The second-order valence-corrected chi connectivity index (χ2v) is 5.82. The molecule has 18 heavy (non-hydrogen) atoms. The summed E-state index contributed by atoms with van der Waals surface area (Å²) in [5.74, 6) is 1.16. The molecule has 98 valence electrons. The molecule has 1 aromatic carbocycles. The van der Waals surface area contributed by atoms with Gasteiger partial charge in [-0.15, -0.1) is 12.4 Å². The van der Waals surface area contributed by atoms with Gasteiger partial charge in [0, 0.05) is 23.6 Å². The van der Waals surface area contributed by atoms with Crippen LogP contribution in [-0.2, 0) is 0 Å². The van der Waals surface area contributed by atoms with Crippen molar-refractivity contribution in [1.82, 2.24) is 10.6 Å². The molecule has 1 aliphatic heterocycles. The lowest BCUT2D eigenvalue weighted by Gasteiger charge is -2.09. The molecular weight excluding hydrogens is 339 g/mol. The molecule has 1 aromatic rings. The minimum Gasteiger partial charge on any atom is -0.349 e. The van der Waals surface area contributed by atoms with Gasteiger partial charge in [-0.1, -0.05) is 17.7 Å². The molecule has 0 spiro atoms. The third-order valence-electron chi connectivity index (χ3n) is 3.59. The fourth-order valence-electron chi connectivity index (χ4n) is 2.54. The maximum atomic E-state index is 12.1. The van der Waals surface area contributed by atoms with E-state index in [0.717, 1.165) is 17.6 Å². The molecule has 0 aromatic heterocycles. The molecule has 3 nitrogen and oxygen atoms in total. The van der Waals surface area contributed by atoms with Crippen molar-refractivity contribution in [3.63, 3.8) is 0 Å². The van der Waals surface area contributed by atoms with Gasteiger partial charge < -0.3 is 10.6 Å². The van der Waals surface area contributed by atoms with Crippen molar-refractivity contribution in [3.8, 4) is 0 Å². The van der Waals surface area contributed by atoms with Crippen LogP contribution in [0.4, 0.5) is 0 Å². The lowest BCUT2D eigenvalue weighted by molar-refractivity contribution is 0.0946. The monoisotopic (exact) mass is 350 g/mol. The van der Waals surface area contributed by atoms with E-state index in [-0.39, 0.29) is 18.3 Å². The summed E-state index contributed by atoms with van der Waals surface area (Å²) in [6.07, 6.45) is 0. The summed E-state index contributed by atoms with van der Waals surface area (Å²) < 4.78 is 0.754. The summed E-state index contributed by atoms with van der Waals surface area (Å²) >= 11 is 9.42. The summed E-state index contributed by atoms with van der Waals surface area (Å²) in [6.45, 7) is 2.03. The third kappa shape index (κ3) is 2.39. The predicted molar refractivity (Wildman–Crippen MR) is 77.5 cm³/mol. The Bertz CT molecular complexity index is 473. The molecule has 2 aliphatic rings. The number of fused-ring (bicyclic) bond motifs is 1. The number of amides is 1. The zero-order valence-electron chi connectivity index (χ0n) is 9.45. The fraction of sp³-hybridized carbons (Fsp3) is 0.417. The molecule has 1 heterocycles. The molecule has 1 amide bonds. The highest BCUT2D eigenvalue weighted by atomic mass is 79.9. The number of nitrogens with one attached hydrogen (secondary N) is 2. The van der Waals surface area contributed by atoms with Gasteiger partial charge >= 0.3 is 0 Å². The lowest BCUT2D eigenvalue weighted by Crippen LogP contribution is -2.32. The van der Waals surface area contributed by atoms with Gasteiger partial charge in [0.1, 0.15) is 0 Å². The molecule has 1 saturated carbocycles. The van der Waals surface area contributed by atoms with Gasteiger partial charge in [0.05, 0.1) is 10.6 Å². The number of hydrogen-bond acceptors (Lipinski definition) is 2. The molecule has 2 N–H and O–H groups in total. The van der Waals surface area contributed by atoms with Crippen molar-refractivity contribution >= 4 is 45.8 Å². The maximum absolute atomic E-state index is 12.1. The lowest BCUT2D eigenvalue weighted by atomic mass is 10.2. The minimum absolute atomic E-state index is 0. The topological polar surface area (TPSA) is 41.1 Å². The Morgan fingerprint density at radius 3 is 2.72 bits per heavy atom. The number of carbonyl (C=O) groups is 1. The summed E-state index contributed by atoms with van der Waals surface area (Å²) in [6, 6.07) is 5.73. The van der Waals surface area contributed by atoms with Gasteiger partial charge in [-0.2, -0.15) is 0 Å². The minimum atomic E-state index is -0.0734. The Morgan fingerprint density at radius 2 is 2.06 bits per heavy atom. The van der Waals surface area contributed by atoms with E-state index < -0.39 is 0 Å². The number of hydrogen-bond donors (Lipinski definition) is 2. The zero-order chi connectivity index (χ0) is 12.0. The van der Waals surface area contributed by atoms with Crippen LogP contribution in [0.2, 0.25) is 5.02 Å². The maximum Gasteiger partial charge on any atom is 0.253 e. The van der Waals surface area contributed by atoms with Crippen LogP contribution in [0.3, 0.4) is 0 Å². The van der Waals surface area contributed by atoms with E-state index >= 15 is 0 Å². The van der Waals surface area contributed by atoms with Gasteiger partial charge in [-0.3, -0.25) is 4.79 Å². The van der Waals surface area contributed by atoms with Crippen molar-refractivity contribution in [1.29, 1.82) is 0 Å². The molecule has 6 heteroatoms. The smallest absolute Gasteiger partial charge is 0.253 e. The Labute approximate surface area is 125 Å². The number of benzene rings is 1. The van der Waals surface area contributed by atoms with Crippen LogP contribution >= 0.6 is 39.9 Å². The Morgan fingerprint density at radius 1 is 1.39 bits per heavy atom. The first-order valence-corrected chi connectivity index (χ1v) is 6.81. The van der Waals surface area contributed by atoms with Crippen molar-refractivity contribution in [2.75, 3.05) is 13.1 Å². The highest BCUT2D eigenvalue weighted by Crippen LogP contribution is 2.41. The number of piperidine rings is 1. The molecule has 3 rings (SSSR count). The molecule has 0 radical (unpaired) electrons. The first-order valence-electron chi connectivity index (χ1n) is 5.64. The SMILES string of the molecule is Cl.O=C(NC1C2CNCC21)c1cccc(Br)c1Cl. The second kappa shape index (κ2) is 5.37. The van der Waals surface area contributed by atoms with E-state index in [9.17, 15) is 4.79 Å². The molecule has 1 aliphatic carbocycles. The van der Waals surface area contributed by atoms with Crippen LogP contribution < -0.4 is 10.6 Å². The van der Waals surface area contributed by atoms with Gasteiger partial charge in [-0.05, 0) is 39.9 Å². The number of rotatable bonds is 2. The third-order valence-corrected chi connectivity index (χ3v) is 4.88. The average molecular weight is 352 g/mol.